The van der Waals surface area contributed by atoms with Gasteiger partial charge in [-0.05, 0) is 25.0 Å². The fraction of sp³-hybridized carbons (Fsp3) is 0.385. The Bertz CT molecular complexity index is 543. The minimum absolute atomic E-state index is 0.310. The van der Waals surface area contributed by atoms with Gasteiger partial charge in [-0.1, -0.05) is 13.8 Å². The molecule has 0 unspecified atom stereocenters. The van der Waals surface area contributed by atoms with Gasteiger partial charge >= 0.3 is 5.97 Å². The third-order valence-electron chi connectivity index (χ3n) is 2.65. The Balaban J connectivity index is 2.60. The van der Waals surface area contributed by atoms with E-state index in [0.717, 1.165) is 11.1 Å². The van der Waals surface area contributed by atoms with E-state index in [-0.39, 0.29) is 5.97 Å². The summed E-state index contributed by atoms with van der Waals surface area (Å²) in [6.45, 7) is 6.31. The van der Waals surface area contributed by atoms with Gasteiger partial charge in [0.15, 0.2) is 5.69 Å². The van der Waals surface area contributed by atoms with Crippen molar-refractivity contribution in [3.05, 3.63) is 29.7 Å². The van der Waals surface area contributed by atoms with Crippen molar-refractivity contribution in [1.82, 2.24) is 9.97 Å². The number of hydrogen-bond acceptors (Lipinski definition) is 3. The van der Waals surface area contributed by atoms with Crippen LogP contribution in [0.25, 0.3) is 10.9 Å². The molecule has 0 aliphatic heterocycles. The number of H-pyrrole nitrogens is 1. The molecule has 0 aliphatic rings. The molecular weight excluding hydrogens is 216 g/mol. The quantitative estimate of drug-likeness (QED) is 0.828. The number of fused-ring (bicyclic) bond motifs is 1. The number of carbonyl (C=O) groups excluding carboxylic acids is 1. The van der Waals surface area contributed by atoms with E-state index in [0.29, 0.717) is 23.7 Å². The third kappa shape index (κ3) is 2.02. The van der Waals surface area contributed by atoms with Gasteiger partial charge in [-0.3, -0.25) is 4.98 Å². The van der Waals surface area contributed by atoms with Gasteiger partial charge in [-0.15, -0.1) is 0 Å². The normalized spacial score (nSPS) is 11.1. The molecule has 0 atom stereocenters. The second kappa shape index (κ2) is 4.57. The van der Waals surface area contributed by atoms with Gasteiger partial charge in [0.1, 0.15) is 5.52 Å². The van der Waals surface area contributed by atoms with Crippen LogP contribution in [0.15, 0.2) is 18.3 Å². The lowest BCUT2D eigenvalue weighted by molar-refractivity contribution is 0.0522. The molecule has 0 aliphatic carbocycles. The summed E-state index contributed by atoms with van der Waals surface area (Å²) in [6.07, 6.45) is 1.68. The van der Waals surface area contributed by atoms with Crippen LogP contribution >= 0.6 is 0 Å². The van der Waals surface area contributed by atoms with Crippen LogP contribution in [0.5, 0.6) is 0 Å². The largest absolute Gasteiger partial charge is 0.461 e. The lowest BCUT2D eigenvalue weighted by atomic mass is 10.1. The van der Waals surface area contributed by atoms with E-state index in [1.54, 1.807) is 13.1 Å². The number of hydrogen-bond donors (Lipinski definition) is 1. The molecule has 2 heterocycles. The number of aromatic amines is 1. The van der Waals surface area contributed by atoms with Gasteiger partial charge in [0.05, 0.1) is 6.61 Å². The Morgan fingerprint density at radius 2 is 2.29 bits per heavy atom. The first kappa shape index (κ1) is 11.6. The predicted molar refractivity (Wildman–Crippen MR) is 66.1 cm³/mol. The minimum Gasteiger partial charge on any atom is -0.461 e. The molecule has 0 saturated heterocycles. The first-order valence-electron chi connectivity index (χ1n) is 5.78. The summed E-state index contributed by atoms with van der Waals surface area (Å²) in [4.78, 5) is 19.2. The maximum Gasteiger partial charge on any atom is 0.357 e. The number of carbonyl (C=O) groups is 1. The van der Waals surface area contributed by atoms with E-state index in [1.807, 2.05) is 12.1 Å². The Morgan fingerprint density at radius 3 is 2.94 bits per heavy atom. The van der Waals surface area contributed by atoms with Gasteiger partial charge < -0.3 is 9.72 Å². The average Bonchev–Trinajstić information content (AvgIpc) is 2.69. The highest BCUT2D eigenvalue weighted by Gasteiger charge is 2.19. The zero-order valence-electron chi connectivity index (χ0n) is 10.3. The zero-order valence-corrected chi connectivity index (χ0v) is 10.3. The van der Waals surface area contributed by atoms with Crippen molar-refractivity contribution < 1.29 is 9.53 Å². The number of aromatic nitrogens is 2. The maximum absolute atomic E-state index is 11.8. The Morgan fingerprint density at radius 1 is 1.53 bits per heavy atom. The predicted octanol–water partition coefficient (Wildman–Crippen LogP) is 2.86. The maximum atomic E-state index is 11.8. The highest BCUT2D eigenvalue weighted by molar-refractivity contribution is 6.02. The molecule has 0 spiro atoms. The molecule has 4 nitrogen and oxygen atoms in total. The van der Waals surface area contributed by atoms with Gasteiger partial charge in [-0.2, -0.15) is 0 Å². The van der Waals surface area contributed by atoms with E-state index < -0.39 is 0 Å². The molecule has 2 rings (SSSR count). The van der Waals surface area contributed by atoms with Crippen molar-refractivity contribution in [2.45, 2.75) is 26.7 Å². The number of nitrogens with one attached hydrogen (secondary N) is 1. The van der Waals surface area contributed by atoms with Gasteiger partial charge in [0, 0.05) is 17.3 Å². The van der Waals surface area contributed by atoms with Crippen LogP contribution in [0, 0.1) is 0 Å². The van der Waals surface area contributed by atoms with Crippen LogP contribution < -0.4 is 0 Å². The SMILES string of the molecule is CCOC(=O)c1[nH]c(C(C)C)c2cccnc12. The van der Waals surface area contributed by atoms with Crippen molar-refractivity contribution in [2.75, 3.05) is 6.61 Å². The zero-order chi connectivity index (χ0) is 12.4. The van der Waals surface area contributed by atoms with Crippen LogP contribution in [0.2, 0.25) is 0 Å². The summed E-state index contributed by atoms with van der Waals surface area (Å²) < 4.78 is 5.02. The highest BCUT2D eigenvalue weighted by atomic mass is 16.5. The molecule has 1 N–H and O–H groups in total. The van der Waals surface area contributed by atoms with Crippen molar-refractivity contribution in [1.29, 1.82) is 0 Å². The topological polar surface area (TPSA) is 55.0 Å². The third-order valence-corrected chi connectivity index (χ3v) is 2.65. The number of nitrogens with zero attached hydrogens (tertiary/aromatic N) is 1. The second-order valence-electron chi connectivity index (χ2n) is 4.19. The first-order chi connectivity index (χ1) is 8.15. The van der Waals surface area contributed by atoms with Gasteiger partial charge in [0.2, 0.25) is 0 Å². The van der Waals surface area contributed by atoms with Crippen LogP contribution in [0.1, 0.15) is 42.9 Å². The molecule has 0 saturated carbocycles. The summed E-state index contributed by atoms with van der Waals surface area (Å²) in [7, 11) is 0. The lowest BCUT2D eigenvalue weighted by Gasteiger charge is -2.01. The number of pyridine rings is 1. The lowest BCUT2D eigenvalue weighted by Crippen LogP contribution is -2.06. The van der Waals surface area contributed by atoms with Crippen LogP contribution in [0.4, 0.5) is 0 Å². The Hall–Kier alpha value is -1.84. The van der Waals surface area contributed by atoms with E-state index >= 15 is 0 Å². The molecule has 2 aromatic rings. The molecule has 0 fully saturated rings. The average molecular weight is 232 g/mol. The van der Waals surface area contributed by atoms with E-state index in [4.69, 9.17) is 4.74 Å². The van der Waals surface area contributed by atoms with Crippen LogP contribution in [0.3, 0.4) is 0 Å². The molecule has 2 aromatic heterocycles. The van der Waals surface area contributed by atoms with E-state index in [2.05, 4.69) is 23.8 Å². The Kier molecular flexibility index (Phi) is 3.13. The number of esters is 1. The summed E-state index contributed by atoms with van der Waals surface area (Å²) in [5, 5.41) is 0.991. The van der Waals surface area contributed by atoms with Crippen molar-refractivity contribution in [2.24, 2.45) is 0 Å². The smallest absolute Gasteiger partial charge is 0.357 e. The number of ether oxygens (including phenoxy) is 1. The standard InChI is InChI=1S/C13H16N2O2/c1-4-17-13(16)12-11-9(6-5-7-14-11)10(15-12)8(2)3/h5-8,15H,4H2,1-3H3. The molecule has 0 radical (unpaired) electrons. The molecule has 0 amide bonds. The van der Waals surface area contributed by atoms with E-state index in [9.17, 15) is 4.79 Å². The van der Waals surface area contributed by atoms with Gasteiger partial charge in [0.25, 0.3) is 0 Å². The minimum atomic E-state index is -0.344. The first-order valence-corrected chi connectivity index (χ1v) is 5.78. The van der Waals surface area contributed by atoms with Crippen LogP contribution in [-0.2, 0) is 4.74 Å². The molecular formula is C13H16N2O2. The van der Waals surface area contributed by atoms with Crippen LogP contribution in [-0.4, -0.2) is 22.5 Å². The fourth-order valence-electron chi connectivity index (χ4n) is 1.89. The summed E-state index contributed by atoms with van der Waals surface area (Å²) >= 11 is 0. The second-order valence-corrected chi connectivity index (χ2v) is 4.19. The Labute approximate surface area is 100 Å². The molecule has 4 heteroatoms. The molecule has 0 aromatic carbocycles. The summed E-state index contributed by atoms with van der Waals surface area (Å²) in [5.74, 6) is -0.0343. The molecule has 90 valence electrons. The summed E-state index contributed by atoms with van der Waals surface area (Å²) in [6, 6.07) is 3.84. The van der Waals surface area contributed by atoms with Crippen molar-refractivity contribution in [3.63, 3.8) is 0 Å². The van der Waals surface area contributed by atoms with Crippen molar-refractivity contribution >= 4 is 16.9 Å². The van der Waals surface area contributed by atoms with E-state index in [1.165, 1.54) is 0 Å². The van der Waals surface area contributed by atoms with Gasteiger partial charge in [-0.25, -0.2) is 4.79 Å². The fourth-order valence-corrected chi connectivity index (χ4v) is 1.89. The summed E-state index contributed by atoms with van der Waals surface area (Å²) in [5.41, 5.74) is 2.16. The molecule has 0 bridgehead atoms. The molecule has 17 heavy (non-hydrogen) atoms. The monoisotopic (exact) mass is 232 g/mol. The number of rotatable bonds is 3. The highest BCUT2D eigenvalue weighted by Crippen LogP contribution is 2.26. The van der Waals surface area contributed by atoms with Crippen molar-refractivity contribution in [3.8, 4) is 0 Å².